The van der Waals surface area contributed by atoms with Gasteiger partial charge in [0.1, 0.15) is 0 Å². The van der Waals surface area contributed by atoms with Crippen molar-refractivity contribution < 1.29 is 0 Å². The first-order valence-electron chi connectivity index (χ1n) is 4.19. The zero-order valence-corrected chi connectivity index (χ0v) is 7.06. The Hall–Kier alpha value is -0.0800. The maximum atomic E-state index is 6.13. The van der Waals surface area contributed by atoms with E-state index in [9.17, 15) is 0 Å². The fraction of sp³-hybridized carbons (Fsp3) is 1.00. The van der Waals surface area contributed by atoms with E-state index in [1.54, 1.807) is 0 Å². The van der Waals surface area contributed by atoms with Gasteiger partial charge in [-0.2, -0.15) is 0 Å². The van der Waals surface area contributed by atoms with Crippen LogP contribution < -0.4 is 5.73 Å². The molecule has 2 nitrogen and oxygen atoms in total. The third kappa shape index (κ3) is 1.32. The van der Waals surface area contributed by atoms with E-state index >= 15 is 0 Å². The molecule has 1 rings (SSSR count). The first kappa shape index (κ1) is 8.02. The molecule has 0 amide bonds. The maximum absolute atomic E-state index is 6.13. The molecule has 0 bridgehead atoms. The van der Waals surface area contributed by atoms with Crippen molar-refractivity contribution in [3.05, 3.63) is 0 Å². The molecule has 0 spiro atoms. The Morgan fingerprint density at radius 2 is 2.20 bits per heavy atom. The minimum atomic E-state index is 0.0122. The molecular formula is C8H18N2. The van der Waals surface area contributed by atoms with E-state index < -0.39 is 0 Å². The van der Waals surface area contributed by atoms with Crippen molar-refractivity contribution in [1.29, 1.82) is 0 Å². The Kier molecular flexibility index (Phi) is 2.32. The Balaban J connectivity index is 2.54. The van der Waals surface area contributed by atoms with Crippen molar-refractivity contribution in [3.8, 4) is 0 Å². The molecule has 1 heterocycles. The highest BCUT2D eigenvalue weighted by Gasteiger charge is 2.29. The average Bonchev–Trinajstić information content (AvgIpc) is 1.96. The van der Waals surface area contributed by atoms with E-state index in [1.165, 1.54) is 25.8 Å². The summed E-state index contributed by atoms with van der Waals surface area (Å²) < 4.78 is 0. The maximum Gasteiger partial charge on any atom is 0.0682 e. The van der Waals surface area contributed by atoms with E-state index in [0.29, 0.717) is 0 Å². The van der Waals surface area contributed by atoms with Crippen LogP contribution in [-0.4, -0.2) is 24.2 Å². The third-order valence-electron chi connectivity index (χ3n) is 2.73. The lowest BCUT2D eigenvalue weighted by atomic mass is 9.94. The molecule has 1 unspecified atom stereocenters. The Morgan fingerprint density at radius 1 is 1.50 bits per heavy atom. The van der Waals surface area contributed by atoms with Gasteiger partial charge >= 0.3 is 0 Å². The normalized spacial score (nSPS) is 36.3. The number of nitrogens with zero attached hydrogens (tertiary/aromatic N) is 1. The van der Waals surface area contributed by atoms with Crippen molar-refractivity contribution >= 4 is 0 Å². The van der Waals surface area contributed by atoms with E-state index in [-0.39, 0.29) is 5.66 Å². The summed E-state index contributed by atoms with van der Waals surface area (Å²) >= 11 is 0. The topological polar surface area (TPSA) is 29.3 Å². The first-order valence-corrected chi connectivity index (χ1v) is 4.19. The van der Waals surface area contributed by atoms with Gasteiger partial charge in [0.05, 0.1) is 5.66 Å². The number of piperidine rings is 1. The molecule has 1 aliphatic rings. The van der Waals surface area contributed by atoms with E-state index in [1.807, 2.05) is 0 Å². The lowest BCUT2D eigenvalue weighted by Crippen LogP contribution is -2.56. The predicted molar refractivity (Wildman–Crippen MR) is 43.7 cm³/mol. The van der Waals surface area contributed by atoms with E-state index in [4.69, 9.17) is 5.73 Å². The summed E-state index contributed by atoms with van der Waals surface area (Å²) in [6.45, 7) is 3.34. The molecule has 1 atom stereocenters. The minimum Gasteiger partial charge on any atom is -0.313 e. The molecule has 1 saturated heterocycles. The van der Waals surface area contributed by atoms with Crippen molar-refractivity contribution in [3.63, 3.8) is 0 Å². The highest BCUT2D eigenvalue weighted by molar-refractivity contribution is 4.84. The molecule has 10 heavy (non-hydrogen) atoms. The number of hydrogen-bond acceptors (Lipinski definition) is 2. The number of rotatable bonds is 1. The monoisotopic (exact) mass is 142 g/mol. The predicted octanol–water partition coefficient (Wildman–Crippen LogP) is 1.17. The van der Waals surface area contributed by atoms with Crippen LogP contribution in [0.3, 0.4) is 0 Å². The number of hydrogen-bond donors (Lipinski definition) is 1. The molecule has 1 aliphatic heterocycles. The van der Waals surface area contributed by atoms with Gasteiger partial charge in [0.2, 0.25) is 0 Å². The van der Waals surface area contributed by atoms with Gasteiger partial charge in [-0.05, 0) is 39.3 Å². The highest BCUT2D eigenvalue weighted by atomic mass is 15.3. The van der Waals surface area contributed by atoms with Gasteiger partial charge in [-0.3, -0.25) is 4.90 Å². The van der Waals surface area contributed by atoms with Crippen LogP contribution in [0.5, 0.6) is 0 Å². The van der Waals surface area contributed by atoms with Crippen LogP contribution in [0.4, 0.5) is 0 Å². The van der Waals surface area contributed by atoms with Crippen molar-refractivity contribution in [2.24, 2.45) is 5.73 Å². The van der Waals surface area contributed by atoms with Crippen LogP contribution in [0, 0.1) is 0 Å². The highest BCUT2D eigenvalue weighted by Crippen LogP contribution is 2.23. The van der Waals surface area contributed by atoms with Gasteiger partial charge in [0, 0.05) is 0 Å². The Labute approximate surface area is 63.4 Å². The van der Waals surface area contributed by atoms with Gasteiger partial charge in [-0.1, -0.05) is 6.92 Å². The molecule has 0 aliphatic carbocycles. The average molecular weight is 142 g/mol. The molecule has 60 valence electrons. The van der Waals surface area contributed by atoms with E-state index in [0.717, 1.165) is 6.42 Å². The van der Waals surface area contributed by atoms with Crippen molar-refractivity contribution in [2.75, 3.05) is 13.6 Å². The molecule has 2 N–H and O–H groups in total. The van der Waals surface area contributed by atoms with Crippen molar-refractivity contribution in [2.45, 2.75) is 38.3 Å². The van der Waals surface area contributed by atoms with Crippen LogP contribution in [0.25, 0.3) is 0 Å². The fourth-order valence-corrected chi connectivity index (χ4v) is 1.64. The largest absolute Gasteiger partial charge is 0.313 e. The zero-order valence-electron chi connectivity index (χ0n) is 7.06. The second-order valence-electron chi connectivity index (χ2n) is 3.34. The number of nitrogens with two attached hydrogens (primary N) is 1. The smallest absolute Gasteiger partial charge is 0.0682 e. The summed E-state index contributed by atoms with van der Waals surface area (Å²) in [5.41, 5.74) is 6.14. The van der Waals surface area contributed by atoms with Gasteiger partial charge in [-0.25, -0.2) is 0 Å². The SMILES string of the molecule is CCC1(N)CCCCN1C. The quantitative estimate of drug-likeness (QED) is 0.595. The second kappa shape index (κ2) is 2.89. The molecule has 1 fully saturated rings. The molecule has 2 heteroatoms. The fourth-order valence-electron chi connectivity index (χ4n) is 1.64. The lowest BCUT2D eigenvalue weighted by Gasteiger charge is -2.41. The van der Waals surface area contributed by atoms with Crippen LogP contribution in [0.2, 0.25) is 0 Å². The minimum absolute atomic E-state index is 0.0122. The lowest BCUT2D eigenvalue weighted by molar-refractivity contribution is 0.0748. The molecule has 0 aromatic rings. The Morgan fingerprint density at radius 3 is 2.60 bits per heavy atom. The zero-order chi connectivity index (χ0) is 7.61. The summed E-state index contributed by atoms with van der Waals surface area (Å²) in [5.74, 6) is 0. The van der Waals surface area contributed by atoms with Crippen LogP contribution >= 0.6 is 0 Å². The van der Waals surface area contributed by atoms with Gasteiger partial charge in [0.25, 0.3) is 0 Å². The van der Waals surface area contributed by atoms with Crippen LogP contribution in [-0.2, 0) is 0 Å². The first-order chi connectivity index (χ1) is 4.69. The van der Waals surface area contributed by atoms with E-state index in [2.05, 4.69) is 18.9 Å². The molecule has 0 aromatic heterocycles. The summed E-state index contributed by atoms with van der Waals surface area (Å²) in [6.07, 6.45) is 4.85. The second-order valence-corrected chi connectivity index (χ2v) is 3.34. The van der Waals surface area contributed by atoms with Gasteiger partial charge < -0.3 is 5.73 Å². The summed E-state index contributed by atoms with van der Waals surface area (Å²) in [7, 11) is 2.13. The van der Waals surface area contributed by atoms with Gasteiger partial charge in [0.15, 0.2) is 0 Å². The standard InChI is InChI=1S/C8H18N2/c1-3-8(9)6-4-5-7-10(8)2/h3-7,9H2,1-2H3. The molecule has 0 aromatic carbocycles. The Bertz CT molecular complexity index is 114. The summed E-state index contributed by atoms with van der Waals surface area (Å²) in [5, 5.41) is 0. The summed E-state index contributed by atoms with van der Waals surface area (Å²) in [6, 6.07) is 0. The molecule has 0 radical (unpaired) electrons. The molecular weight excluding hydrogens is 124 g/mol. The number of likely N-dealkylation sites (tertiary alicyclic amines) is 1. The summed E-state index contributed by atoms with van der Waals surface area (Å²) in [4.78, 5) is 2.29. The molecule has 0 saturated carbocycles. The van der Waals surface area contributed by atoms with Gasteiger partial charge in [-0.15, -0.1) is 0 Å². The third-order valence-corrected chi connectivity index (χ3v) is 2.73. The van der Waals surface area contributed by atoms with Crippen molar-refractivity contribution in [1.82, 2.24) is 4.90 Å². The van der Waals surface area contributed by atoms with Crippen LogP contribution in [0.15, 0.2) is 0 Å². The van der Waals surface area contributed by atoms with Crippen LogP contribution in [0.1, 0.15) is 32.6 Å².